The minimum Gasteiger partial charge on any atom is -0.482 e. The van der Waals surface area contributed by atoms with Crippen molar-refractivity contribution in [3.05, 3.63) is 24.0 Å². The molecule has 2 N–H and O–H groups in total. The molecule has 2 aliphatic heterocycles. The van der Waals surface area contributed by atoms with E-state index in [1.807, 2.05) is 4.90 Å². The quantitative estimate of drug-likeness (QED) is 0.652. The first-order valence-corrected chi connectivity index (χ1v) is 9.82. The van der Waals surface area contributed by atoms with E-state index in [0.29, 0.717) is 63.6 Å². The molecule has 0 saturated carbocycles. The van der Waals surface area contributed by atoms with E-state index in [4.69, 9.17) is 10.1 Å². The van der Waals surface area contributed by atoms with Gasteiger partial charge in [-0.15, -0.1) is 0 Å². The van der Waals surface area contributed by atoms with Crippen molar-refractivity contribution < 1.29 is 27.1 Å². The number of nitrogens with zero attached hydrogens (tertiary/aromatic N) is 3. The summed E-state index contributed by atoms with van der Waals surface area (Å²) in [4.78, 5) is 17.3. The summed E-state index contributed by atoms with van der Waals surface area (Å²) in [5, 5.41) is 10.6. The molecule has 7 nitrogen and oxygen atoms in total. The molecule has 2 saturated heterocycles. The van der Waals surface area contributed by atoms with Gasteiger partial charge >= 0.3 is 12.2 Å². The van der Waals surface area contributed by atoms with Crippen LogP contribution in [-0.2, 0) is 0 Å². The summed E-state index contributed by atoms with van der Waals surface area (Å²) in [6.45, 7) is 2.72. The molecule has 2 amide bonds. The number of alkyl halides is 3. The maximum atomic E-state index is 13.5. The Labute approximate surface area is 172 Å². The Bertz CT molecular complexity index is 750. The van der Waals surface area contributed by atoms with E-state index in [-0.39, 0.29) is 11.8 Å². The number of carbonyl (C=O) groups is 1. The second-order valence-electron chi connectivity index (χ2n) is 7.28. The van der Waals surface area contributed by atoms with Crippen molar-refractivity contribution in [3.63, 3.8) is 0 Å². The van der Waals surface area contributed by atoms with Gasteiger partial charge in [-0.2, -0.15) is 13.2 Å². The number of halogens is 4. The molecule has 2 aliphatic rings. The van der Waals surface area contributed by atoms with Gasteiger partial charge in [0.2, 0.25) is 0 Å². The summed E-state index contributed by atoms with van der Waals surface area (Å²) >= 11 is 0. The minimum absolute atomic E-state index is 0.115. The van der Waals surface area contributed by atoms with Crippen LogP contribution in [0.1, 0.15) is 12.8 Å². The molecule has 0 spiro atoms. The van der Waals surface area contributed by atoms with Gasteiger partial charge in [0.25, 0.3) is 0 Å². The van der Waals surface area contributed by atoms with Crippen LogP contribution >= 0.6 is 0 Å². The number of benzene rings is 1. The maximum Gasteiger partial charge on any atom is 0.422 e. The van der Waals surface area contributed by atoms with Crippen molar-refractivity contribution in [2.45, 2.75) is 19.0 Å². The van der Waals surface area contributed by atoms with Gasteiger partial charge < -0.3 is 15.0 Å². The monoisotopic (exact) mass is 431 g/mol. The van der Waals surface area contributed by atoms with E-state index in [9.17, 15) is 22.4 Å². The summed E-state index contributed by atoms with van der Waals surface area (Å²) in [6, 6.07) is 3.39. The van der Waals surface area contributed by atoms with Crippen LogP contribution in [0.2, 0.25) is 0 Å². The fourth-order valence-electron chi connectivity index (χ4n) is 3.57. The third-order valence-corrected chi connectivity index (χ3v) is 5.09. The molecule has 0 atom stereocenters. The molecular formula is C19H25F4N5O2. The average molecular weight is 431 g/mol. The number of amides is 2. The maximum absolute atomic E-state index is 13.5. The van der Waals surface area contributed by atoms with Crippen molar-refractivity contribution in [2.75, 3.05) is 57.3 Å². The normalized spacial score (nSPS) is 18.5. The number of carbonyl (C=O) groups excluding carboxylic acids is 1. The number of piperazine rings is 1. The van der Waals surface area contributed by atoms with E-state index in [1.54, 1.807) is 0 Å². The van der Waals surface area contributed by atoms with Gasteiger partial charge in [0, 0.05) is 51.8 Å². The Kier molecular flexibility index (Phi) is 7.01. The SMILES string of the molecule is N=C1CCNC(=O)N1CCCN1CCN(c2ccc(F)cc2OCC(F)(F)F)CC1. The number of hydrogen-bond acceptors (Lipinski definition) is 5. The highest BCUT2D eigenvalue weighted by molar-refractivity contribution is 5.98. The standard InChI is InChI=1S/C19H25F4N5O2/c20-14-2-3-15(16(12-14)30-13-19(21,22)23)27-10-8-26(9-11-27)6-1-7-28-17(24)4-5-25-18(28)29/h2-3,12,24H,1,4-11,13H2,(H,25,29). The predicted molar refractivity (Wildman–Crippen MR) is 104 cm³/mol. The van der Waals surface area contributed by atoms with Crippen LogP contribution in [0.25, 0.3) is 0 Å². The molecule has 11 heteroatoms. The lowest BCUT2D eigenvalue weighted by Crippen LogP contribution is -2.51. The van der Waals surface area contributed by atoms with E-state index < -0.39 is 18.6 Å². The van der Waals surface area contributed by atoms with Crippen LogP contribution in [-0.4, -0.2) is 80.3 Å². The molecule has 3 rings (SSSR count). The van der Waals surface area contributed by atoms with Crippen molar-refractivity contribution in [2.24, 2.45) is 0 Å². The molecule has 2 fully saturated rings. The smallest absolute Gasteiger partial charge is 0.422 e. The van der Waals surface area contributed by atoms with Gasteiger partial charge in [0.05, 0.1) is 5.69 Å². The van der Waals surface area contributed by atoms with Crippen LogP contribution in [0, 0.1) is 11.2 Å². The number of ether oxygens (including phenoxy) is 1. The molecule has 166 valence electrons. The van der Waals surface area contributed by atoms with E-state index >= 15 is 0 Å². The molecular weight excluding hydrogens is 406 g/mol. The Morgan fingerprint density at radius 2 is 1.87 bits per heavy atom. The van der Waals surface area contributed by atoms with Crippen molar-refractivity contribution >= 4 is 17.6 Å². The Morgan fingerprint density at radius 3 is 2.53 bits per heavy atom. The Balaban J connectivity index is 1.49. The van der Waals surface area contributed by atoms with Gasteiger partial charge in [0.15, 0.2) is 6.61 Å². The summed E-state index contributed by atoms with van der Waals surface area (Å²) in [6.07, 6.45) is -3.25. The van der Waals surface area contributed by atoms with Gasteiger partial charge in [-0.1, -0.05) is 0 Å². The zero-order valence-electron chi connectivity index (χ0n) is 16.5. The fourth-order valence-corrected chi connectivity index (χ4v) is 3.57. The second kappa shape index (κ2) is 9.50. The number of nitrogens with one attached hydrogen (secondary N) is 2. The summed E-state index contributed by atoms with van der Waals surface area (Å²) in [5.41, 5.74) is 0.443. The molecule has 0 aliphatic carbocycles. The lowest BCUT2D eigenvalue weighted by Gasteiger charge is -2.37. The fraction of sp³-hybridized carbons (Fsp3) is 0.579. The van der Waals surface area contributed by atoms with Crippen LogP contribution in [0.15, 0.2) is 18.2 Å². The highest BCUT2D eigenvalue weighted by atomic mass is 19.4. The van der Waals surface area contributed by atoms with Crippen LogP contribution in [0.4, 0.5) is 28.0 Å². The number of urea groups is 1. The average Bonchev–Trinajstić information content (AvgIpc) is 2.69. The van der Waals surface area contributed by atoms with Gasteiger partial charge in [-0.25, -0.2) is 9.18 Å². The summed E-state index contributed by atoms with van der Waals surface area (Å²) < 4.78 is 55.8. The van der Waals surface area contributed by atoms with E-state index in [0.717, 1.165) is 12.6 Å². The Morgan fingerprint density at radius 1 is 1.13 bits per heavy atom. The first-order valence-electron chi connectivity index (χ1n) is 9.82. The third kappa shape index (κ3) is 5.97. The summed E-state index contributed by atoms with van der Waals surface area (Å²) in [5.74, 6) is -0.441. The first kappa shape index (κ1) is 22.1. The molecule has 0 aromatic heterocycles. The number of anilines is 1. The van der Waals surface area contributed by atoms with Crippen molar-refractivity contribution in [1.29, 1.82) is 5.41 Å². The number of amidine groups is 1. The topological polar surface area (TPSA) is 71.9 Å². The second-order valence-corrected chi connectivity index (χ2v) is 7.28. The van der Waals surface area contributed by atoms with Crippen molar-refractivity contribution in [1.82, 2.24) is 15.1 Å². The predicted octanol–water partition coefficient (Wildman–Crippen LogP) is 2.67. The van der Waals surface area contributed by atoms with Crippen molar-refractivity contribution in [3.8, 4) is 5.75 Å². The molecule has 0 unspecified atom stereocenters. The lowest BCUT2D eigenvalue weighted by atomic mass is 10.2. The van der Waals surface area contributed by atoms with E-state index in [2.05, 4.69) is 10.2 Å². The Hall–Kier alpha value is -2.56. The van der Waals surface area contributed by atoms with Crippen LogP contribution < -0.4 is 15.0 Å². The minimum atomic E-state index is -4.50. The van der Waals surface area contributed by atoms with Crippen LogP contribution in [0.3, 0.4) is 0 Å². The molecule has 1 aromatic rings. The first-order chi connectivity index (χ1) is 14.2. The lowest BCUT2D eigenvalue weighted by molar-refractivity contribution is -0.153. The van der Waals surface area contributed by atoms with Crippen LogP contribution in [0.5, 0.6) is 5.75 Å². The zero-order chi connectivity index (χ0) is 21.7. The largest absolute Gasteiger partial charge is 0.482 e. The zero-order valence-corrected chi connectivity index (χ0v) is 16.5. The third-order valence-electron chi connectivity index (χ3n) is 5.09. The molecule has 30 heavy (non-hydrogen) atoms. The molecule has 0 bridgehead atoms. The molecule has 1 aromatic carbocycles. The molecule has 2 heterocycles. The van der Waals surface area contributed by atoms with Gasteiger partial charge in [-0.05, 0) is 25.1 Å². The van der Waals surface area contributed by atoms with E-state index in [1.165, 1.54) is 17.0 Å². The van der Waals surface area contributed by atoms with Gasteiger partial charge in [0.1, 0.15) is 17.4 Å². The number of hydrogen-bond donors (Lipinski definition) is 2. The molecule has 0 radical (unpaired) electrons. The highest BCUT2D eigenvalue weighted by Crippen LogP contribution is 2.31. The van der Waals surface area contributed by atoms with Gasteiger partial charge in [-0.3, -0.25) is 15.2 Å². The summed E-state index contributed by atoms with van der Waals surface area (Å²) in [7, 11) is 0. The highest BCUT2D eigenvalue weighted by Gasteiger charge is 2.30. The number of rotatable bonds is 7.